The summed E-state index contributed by atoms with van der Waals surface area (Å²) in [5.41, 5.74) is 6.45. The van der Waals surface area contributed by atoms with E-state index in [0.29, 0.717) is 43.0 Å². The number of benzene rings is 1. The first-order chi connectivity index (χ1) is 17.5. The van der Waals surface area contributed by atoms with Crippen LogP contribution in [0.5, 0.6) is 0 Å². The van der Waals surface area contributed by atoms with Crippen LogP contribution >= 0.6 is 0 Å². The molecule has 0 aliphatic carbocycles. The fraction of sp³-hybridized carbons (Fsp3) is 0.818. The second-order valence-corrected chi connectivity index (χ2v) is 14.8. The first-order valence-electron chi connectivity index (χ1n) is 16.1. The summed E-state index contributed by atoms with van der Waals surface area (Å²) in [6, 6.07) is 9.13. The van der Waals surface area contributed by atoms with Crippen molar-refractivity contribution < 1.29 is 0 Å². The largest absolute Gasteiger partial charge is 0.366 e. The fourth-order valence-corrected chi connectivity index (χ4v) is 9.99. The molecule has 12 atom stereocenters. The maximum atomic E-state index is 2.94. The van der Waals surface area contributed by atoms with Gasteiger partial charge in [0.05, 0.1) is 0 Å². The van der Waals surface area contributed by atoms with Crippen LogP contribution in [-0.4, -0.2) is 43.0 Å². The Bertz CT molecular complexity index is 952. The maximum absolute atomic E-state index is 2.94. The monoisotopic (exact) mass is 503 g/mol. The SMILES string of the molecule is C[C@@H]1CC[C@@H]2[C@H](C)B3c4c(cc(N5[C@H](C)[C@H](C)C[C@H](C)[C@@H]5C)cc4N4[C@@H](C)[C@@H](C)CC[C@H]4[C@H]3C)N2[C@@H]1C. The standard InChI is InChI=1S/C33H54BN3/c1-18-11-13-29-22(5)34-23(6)30-14-12-19(2)25(8)37(30)32-17-28(16-31(33(32)34)36(29)24(18)7)35-26(9)20(3)15-21(4)27(35)10/h16-27,29-30H,11-15H2,1-10H3/t18-,19+,20-,21+,22+,23-,24-,25+,26-,27+,29-,30+. The molecule has 3 fully saturated rings. The van der Waals surface area contributed by atoms with Gasteiger partial charge in [0.25, 0.3) is 0 Å². The Morgan fingerprint density at radius 2 is 0.946 bits per heavy atom. The van der Waals surface area contributed by atoms with E-state index < -0.39 is 0 Å². The summed E-state index contributed by atoms with van der Waals surface area (Å²) in [4.78, 5) is 8.71. The number of rotatable bonds is 1. The van der Waals surface area contributed by atoms with E-state index in [1.54, 1.807) is 16.8 Å². The van der Waals surface area contributed by atoms with Gasteiger partial charge in [-0.25, -0.2) is 0 Å². The fourth-order valence-electron chi connectivity index (χ4n) is 9.99. The van der Waals surface area contributed by atoms with E-state index in [0.717, 1.165) is 35.3 Å². The van der Waals surface area contributed by atoms with Gasteiger partial charge in [-0.1, -0.05) is 41.5 Å². The number of anilines is 3. The Kier molecular flexibility index (Phi) is 6.39. The minimum absolute atomic E-state index is 0.583. The summed E-state index contributed by atoms with van der Waals surface area (Å²) in [6.07, 6.45) is 6.84. The molecular weight excluding hydrogens is 449 g/mol. The molecule has 6 rings (SSSR count). The van der Waals surface area contributed by atoms with Crippen molar-refractivity contribution in [1.82, 2.24) is 0 Å². The van der Waals surface area contributed by atoms with E-state index in [9.17, 15) is 0 Å². The van der Waals surface area contributed by atoms with Gasteiger partial charge in [-0.3, -0.25) is 0 Å². The minimum Gasteiger partial charge on any atom is -0.366 e. The zero-order valence-electron chi connectivity index (χ0n) is 25.5. The van der Waals surface area contributed by atoms with Crippen LogP contribution < -0.4 is 20.2 Å². The van der Waals surface area contributed by atoms with Crippen LogP contribution in [0.1, 0.15) is 101 Å². The lowest BCUT2D eigenvalue weighted by molar-refractivity contribution is 0.246. The molecule has 5 heterocycles. The van der Waals surface area contributed by atoms with Crippen molar-refractivity contribution in [2.75, 3.05) is 14.7 Å². The molecule has 4 heteroatoms. The molecule has 0 radical (unpaired) electrons. The van der Waals surface area contributed by atoms with Gasteiger partial charge in [0, 0.05) is 53.3 Å². The van der Waals surface area contributed by atoms with Gasteiger partial charge in [0.1, 0.15) is 0 Å². The first kappa shape index (κ1) is 25.9. The molecule has 0 N–H and O–H groups in total. The summed E-state index contributed by atoms with van der Waals surface area (Å²) in [7, 11) is 0. The quantitative estimate of drug-likeness (QED) is 0.369. The van der Waals surface area contributed by atoms with Crippen molar-refractivity contribution >= 4 is 29.2 Å². The van der Waals surface area contributed by atoms with E-state index in [4.69, 9.17) is 0 Å². The van der Waals surface area contributed by atoms with Crippen molar-refractivity contribution in [2.45, 2.75) is 149 Å². The Balaban J connectivity index is 1.59. The van der Waals surface area contributed by atoms with E-state index in [-0.39, 0.29) is 0 Å². The molecule has 204 valence electrons. The van der Waals surface area contributed by atoms with Gasteiger partial charge in [-0.2, -0.15) is 0 Å². The van der Waals surface area contributed by atoms with Crippen LogP contribution in [0.2, 0.25) is 11.6 Å². The minimum atomic E-state index is 0.583. The molecule has 37 heavy (non-hydrogen) atoms. The van der Waals surface area contributed by atoms with Crippen molar-refractivity contribution in [3.05, 3.63) is 12.1 Å². The van der Waals surface area contributed by atoms with Crippen molar-refractivity contribution in [3.8, 4) is 0 Å². The third-order valence-corrected chi connectivity index (χ3v) is 13.0. The highest BCUT2D eigenvalue weighted by atomic mass is 15.3. The Morgan fingerprint density at radius 3 is 1.38 bits per heavy atom. The van der Waals surface area contributed by atoms with Gasteiger partial charge in [0.2, 0.25) is 0 Å². The summed E-state index contributed by atoms with van der Waals surface area (Å²) in [5.74, 6) is 4.44. The van der Waals surface area contributed by atoms with Gasteiger partial charge < -0.3 is 14.7 Å². The zero-order valence-corrected chi connectivity index (χ0v) is 25.5. The lowest BCUT2D eigenvalue weighted by atomic mass is 9.25. The highest BCUT2D eigenvalue weighted by molar-refractivity contribution is 6.80. The molecule has 0 unspecified atom stereocenters. The van der Waals surface area contributed by atoms with Crippen LogP contribution in [0.15, 0.2) is 12.1 Å². The zero-order chi connectivity index (χ0) is 26.5. The van der Waals surface area contributed by atoms with Crippen LogP contribution in [0.3, 0.4) is 0 Å². The number of piperidine rings is 3. The third kappa shape index (κ3) is 3.66. The van der Waals surface area contributed by atoms with Crippen molar-refractivity contribution in [1.29, 1.82) is 0 Å². The third-order valence-electron chi connectivity index (χ3n) is 13.0. The number of nitrogens with zero attached hydrogens (tertiary/aromatic N) is 3. The molecule has 3 nitrogen and oxygen atoms in total. The van der Waals surface area contributed by atoms with Gasteiger partial charge in [0.15, 0.2) is 6.71 Å². The summed E-state index contributed by atoms with van der Waals surface area (Å²) in [6.45, 7) is 25.9. The highest BCUT2D eigenvalue weighted by Crippen LogP contribution is 2.53. The van der Waals surface area contributed by atoms with E-state index in [2.05, 4.69) is 96.1 Å². The second kappa shape index (κ2) is 9.12. The van der Waals surface area contributed by atoms with Crippen molar-refractivity contribution in [3.63, 3.8) is 0 Å². The summed E-state index contributed by atoms with van der Waals surface area (Å²) in [5, 5.41) is 0. The topological polar surface area (TPSA) is 9.72 Å². The smallest absolute Gasteiger partial charge is 0.191 e. The van der Waals surface area contributed by atoms with Crippen molar-refractivity contribution in [2.24, 2.45) is 23.7 Å². The average molecular weight is 504 g/mol. The molecule has 0 aromatic heterocycles. The van der Waals surface area contributed by atoms with Gasteiger partial charge >= 0.3 is 0 Å². The Hall–Kier alpha value is -1.32. The molecule has 1 aromatic rings. The van der Waals surface area contributed by atoms with Crippen LogP contribution in [0, 0.1) is 23.7 Å². The molecule has 5 aliphatic heterocycles. The highest BCUT2D eigenvalue weighted by Gasteiger charge is 2.54. The normalized spacial score (nSPS) is 45.4. The van der Waals surface area contributed by atoms with Crippen LogP contribution in [-0.2, 0) is 0 Å². The molecule has 0 saturated carbocycles. The molecule has 0 amide bonds. The van der Waals surface area contributed by atoms with Gasteiger partial charge in [-0.05, 0) is 113 Å². The summed E-state index contributed by atoms with van der Waals surface area (Å²) < 4.78 is 0. The maximum Gasteiger partial charge on any atom is 0.191 e. The Labute approximate surface area is 228 Å². The van der Waals surface area contributed by atoms with E-state index in [1.807, 2.05) is 0 Å². The molecule has 5 aliphatic rings. The van der Waals surface area contributed by atoms with Crippen LogP contribution in [0.25, 0.3) is 0 Å². The first-order valence-corrected chi connectivity index (χ1v) is 16.1. The van der Waals surface area contributed by atoms with Crippen LogP contribution in [0.4, 0.5) is 17.1 Å². The molecular formula is C33H54BN3. The molecule has 1 aromatic carbocycles. The van der Waals surface area contributed by atoms with E-state index >= 15 is 0 Å². The average Bonchev–Trinajstić information content (AvgIpc) is 2.86. The molecule has 3 saturated heterocycles. The molecule has 0 bridgehead atoms. The van der Waals surface area contributed by atoms with E-state index in [1.165, 1.54) is 37.8 Å². The lowest BCUT2D eigenvalue weighted by Crippen LogP contribution is -2.68. The predicted octanol–water partition coefficient (Wildman–Crippen LogP) is 7.44. The number of hydrogen-bond acceptors (Lipinski definition) is 3. The summed E-state index contributed by atoms with van der Waals surface area (Å²) >= 11 is 0. The number of fused-ring (bicyclic) bond motifs is 4. The Morgan fingerprint density at radius 1 is 0.541 bits per heavy atom. The predicted molar refractivity (Wildman–Crippen MR) is 163 cm³/mol. The van der Waals surface area contributed by atoms with Gasteiger partial charge in [-0.15, -0.1) is 0 Å². The lowest BCUT2D eigenvalue weighted by Gasteiger charge is -2.60. The molecule has 0 spiro atoms. The second-order valence-electron chi connectivity index (χ2n) is 14.8. The number of hydrogen-bond donors (Lipinski definition) is 0.